The Morgan fingerprint density at radius 3 is 1.76 bits per heavy atom. The molecule has 3 aromatic heterocycles. The fourth-order valence-corrected chi connectivity index (χ4v) is 10.1. The SMILES string of the molecule is c1ccc(-c2cc3sc4ccccc4c3c3nc(-c4ccc(-n5c6ccc7ccccc7c6c6c7ccccc7ccc65)cc4)sc23)cc1. The highest BCUT2D eigenvalue weighted by molar-refractivity contribution is 7.26. The standard InChI is InChI=1S/C45H26N2S2/c1-2-10-27(11-3-1)35-26-39-42(34-16-8-9-17-38(34)48-39)43-44(35)49-45(46-43)30-18-22-31(23-19-30)47-36-24-20-28-12-4-6-14-32(28)40(36)41-33-15-7-5-13-29(33)21-25-37(41)47/h1-26H. The van der Waals surface area contributed by atoms with E-state index in [0.29, 0.717) is 0 Å². The lowest BCUT2D eigenvalue weighted by molar-refractivity contribution is 1.18. The highest BCUT2D eigenvalue weighted by Crippen LogP contribution is 2.46. The fourth-order valence-electron chi connectivity index (χ4n) is 7.81. The normalized spacial score (nSPS) is 12.1. The first-order valence-corrected chi connectivity index (χ1v) is 18.2. The minimum absolute atomic E-state index is 1.04. The summed E-state index contributed by atoms with van der Waals surface area (Å²) in [5.41, 5.74) is 8.29. The molecule has 0 amide bonds. The van der Waals surface area contributed by atoms with Gasteiger partial charge in [-0.05, 0) is 75.6 Å². The van der Waals surface area contributed by atoms with Gasteiger partial charge >= 0.3 is 0 Å². The molecule has 0 aliphatic heterocycles. The van der Waals surface area contributed by atoms with Gasteiger partial charge in [-0.2, -0.15) is 0 Å². The molecule has 228 valence electrons. The predicted molar refractivity (Wildman–Crippen MR) is 213 cm³/mol. The second kappa shape index (κ2) is 10.3. The summed E-state index contributed by atoms with van der Waals surface area (Å²) in [6.45, 7) is 0. The molecule has 0 saturated heterocycles. The van der Waals surface area contributed by atoms with Gasteiger partial charge in [-0.25, -0.2) is 4.98 Å². The number of rotatable bonds is 3. The van der Waals surface area contributed by atoms with E-state index in [1.54, 1.807) is 11.3 Å². The van der Waals surface area contributed by atoms with Gasteiger partial charge in [0.05, 0.1) is 21.3 Å². The van der Waals surface area contributed by atoms with Crippen molar-refractivity contribution in [3.8, 4) is 27.4 Å². The van der Waals surface area contributed by atoms with Crippen molar-refractivity contribution >= 4 is 96.4 Å². The van der Waals surface area contributed by atoms with E-state index >= 15 is 0 Å². The maximum Gasteiger partial charge on any atom is 0.124 e. The number of benzene rings is 8. The van der Waals surface area contributed by atoms with Gasteiger partial charge in [0.15, 0.2) is 0 Å². The Morgan fingerprint density at radius 1 is 0.449 bits per heavy atom. The number of hydrogen-bond acceptors (Lipinski definition) is 3. The first kappa shape index (κ1) is 27.2. The lowest BCUT2D eigenvalue weighted by Gasteiger charge is -2.09. The Kier molecular flexibility index (Phi) is 5.74. The molecule has 0 fully saturated rings. The van der Waals surface area contributed by atoms with Crippen molar-refractivity contribution in [3.63, 3.8) is 0 Å². The lowest BCUT2D eigenvalue weighted by atomic mass is 10.00. The van der Waals surface area contributed by atoms with E-state index in [2.05, 4.69) is 162 Å². The lowest BCUT2D eigenvalue weighted by Crippen LogP contribution is -1.93. The first-order valence-electron chi connectivity index (χ1n) is 16.5. The number of fused-ring (bicyclic) bond motifs is 12. The number of aromatic nitrogens is 2. The Labute approximate surface area is 289 Å². The third-order valence-corrected chi connectivity index (χ3v) is 12.3. The summed E-state index contributed by atoms with van der Waals surface area (Å²) in [6, 6.07) is 57.5. The third kappa shape index (κ3) is 3.96. The van der Waals surface area contributed by atoms with Crippen LogP contribution in [0.15, 0.2) is 158 Å². The van der Waals surface area contributed by atoms with Crippen LogP contribution in [-0.2, 0) is 0 Å². The van der Waals surface area contributed by atoms with Crippen LogP contribution >= 0.6 is 22.7 Å². The van der Waals surface area contributed by atoms with Crippen molar-refractivity contribution in [2.24, 2.45) is 0 Å². The molecular formula is C45H26N2S2. The predicted octanol–water partition coefficient (Wildman–Crippen LogP) is 13.4. The fraction of sp³-hybridized carbons (Fsp3) is 0. The quantitative estimate of drug-likeness (QED) is 0.185. The van der Waals surface area contributed by atoms with Crippen LogP contribution in [0.25, 0.3) is 101 Å². The van der Waals surface area contributed by atoms with Crippen molar-refractivity contribution in [2.75, 3.05) is 0 Å². The molecule has 3 heterocycles. The highest BCUT2D eigenvalue weighted by atomic mass is 32.1. The van der Waals surface area contributed by atoms with Crippen LogP contribution in [0.1, 0.15) is 0 Å². The van der Waals surface area contributed by atoms with E-state index in [0.717, 1.165) is 21.8 Å². The highest BCUT2D eigenvalue weighted by Gasteiger charge is 2.20. The van der Waals surface area contributed by atoms with Gasteiger partial charge in [-0.15, -0.1) is 22.7 Å². The van der Waals surface area contributed by atoms with Crippen LogP contribution in [0.2, 0.25) is 0 Å². The zero-order valence-electron chi connectivity index (χ0n) is 26.2. The molecule has 0 saturated carbocycles. The zero-order valence-corrected chi connectivity index (χ0v) is 27.9. The largest absolute Gasteiger partial charge is 0.309 e. The molecular weight excluding hydrogens is 633 g/mol. The molecule has 0 spiro atoms. The Balaban J connectivity index is 1.13. The Bertz CT molecular complexity index is 3000. The van der Waals surface area contributed by atoms with Gasteiger partial charge in [-0.1, -0.05) is 109 Å². The molecule has 4 heteroatoms. The van der Waals surface area contributed by atoms with Crippen molar-refractivity contribution in [1.82, 2.24) is 9.55 Å². The van der Waals surface area contributed by atoms with E-state index in [9.17, 15) is 0 Å². The number of hydrogen-bond donors (Lipinski definition) is 0. The molecule has 0 unspecified atom stereocenters. The second-order valence-electron chi connectivity index (χ2n) is 12.7. The van der Waals surface area contributed by atoms with Crippen molar-refractivity contribution < 1.29 is 0 Å². The molecule has 11 aromatic rings. The van der Waals surface area contributed by atoms with Gasteiger partial charge in [0.1, 0.15) is 5.01 Å². The zero-order chi connectivity index (χ0) is 32.1. The van der Waals surface area contributed by atoms with Crippen LogP contribution in [0, 0.1) is 0 Å². The smallest absolute Gasteiger partial charge is 0.124 e. The van der Waals surface area contributed by atoms with E-state index < -0.39 is 0 Å². The van der Waals surface area contributed by atoms with Crippen LogP contribution in [0.3, 0.4) is 0 Å². The molecule has 0 radical (unpaired) electrons. The second-order valence-corrected chi connectivity index (χ2v) is 14.8. The summed E-state index contributed by atoms with van der Waals surface area (Å²) in [5, 5.41) is 11.3. The third-order valence-electron chi connectivity index (χ3n) is 10.0. The summed E-state index contributed by atoms with van der Waals surface area (Å²) in [7, 11) is 0. The summed E-state index contributed by atoms with van der Waals surface area (Å²) >= 11 is 3.65. The van der Waals surface area contributed by atoms with Crippen molar-refractivity contribution in [1.29, 1.82) is 0 Å². The average Bonchev–Trinajstić information content (AvgIpc) is 3.87. The van der Waals surface area contributed by atoms with Crippen LogP contribution in [-0.4, -0.2) is 9.55 Å². The van der Waals surface area contributed by atoms with E-state index in [1.807, 2.05) is 11.3 Å². The monoisotopic (exact) mass is 658 g/mol. The summed E-state index contributed by atoms with van der Waals surface area (Å²) in [4.78, 5) is 5.40. The minimum atomic E-state index is 1.04. The molecule has 8 aromatic carbocycles. The van der Waals surface area contributed by atoms with Crippen LogP contribution in [0.5, 0.6) is 0 Å². The first-order chi connectivity index (χ1) is 24.3. The van der Waals surface area contributed by atoms with Gasteiger partial charge < -0.3 is 4.57 Å². The Morgan fingerprint density at radius 2 is 1.06 bits per heavy atom. The number of thiazole rings is 1. The Hall–Kier alpha value is -5.81. The number of thiophene rings is 1. The van der Waals surface area contributed by atoms with Gasteiger partial charge in [0.25, 0.3) is 0 Å². The summed E-state index contributed by atoms with van der Waals surface area (Å²) < 4.78 is 6.25. The topological polar surface area (TPSA) is 17.8 Å². The van der Waals surface area contributed by atoms with Crippen LogP contribution < -0.4 is 0 Å². The van der Waals surface area contributed by atoms with Gasteiger partial charge in [0, 0.05) is 47.8 Å². The summed E-state index contributed by atoms with van der Waals surface area (Å²) in [6.07, 6.45) is 0. The van der Waals surface area contributed by atoms with Crippen molar-refractivity contribution in [2.45, 2.75) is 0 Å². The molecule has 0 atom stereocenters. The maximum atomic E-state index is 5.40. The molecule has 2 nitrogen and oxygen atoms in total. The van der Waals surface area contributed by atoms with E-state index in [4.69, 9.17) is 4.98 Å². The molecule has 0 N–H and O–H groups in total. The van der Waals surface area contributed by atoms with E-state index in [-0.39, 0.29) is 0 Å². The molecule has 0 aliphatic rings. The van der Waals surface area contributed by atoms with Gasteiger partial charge in [-0.3, -0.25) is 0 Å². The molecule has 0 bridgehead atoms. The minimum Gasteiger partial charge on any atom is -0.309 e. The molecule has 0 aliphatic carbocycles. The maximum absolute atomic E-state index is 5.40. The summed E-state index contributed by atoms with van der Waals surface area (Å²) in [5.74, 6) is 0. The average molecular weight is 659 g/mol. The number of nitrogens with zero attached hydrogens (tertiary/aromatic N) is 2. The van der Waals surface area contributed by atoms with Crippen LogP contribution in [0.4, 0.5) is 0 Å². The van der Waals surface area contributed by atoms with Gasteiger partial charge in [0.2, 0.25) is 0 Å². The molecule has 11 rings (SSSR count). The van der Waals surface area contributed by atoms with E-state index in [1.165, 1.54) is 79.3 Å². The van der Waals surface area contributed by atoms with Crippen molar-refractivity contribution in [3.05, 3.63) is 158 Å². The molecule has 49 heavy (non-hydrogen) atoms.